The van der Waals surface area contributed by atoms with Crippen LogP contribution in [0.3, 0.4) is 0 Å². The van der Waals surface area contributed by atoms with Crippen molar-refractivity contribution in [2.24, 2.45) is 0 Å². The molecule has 0 aromatic heterocycles. The summed E-state index contributed by atoms with van der Waals surface area (Å²) in [5, 5.41) is 17.7. The first kappa shape index (κ1) is 13.3. The maximum absolute atomic E-state index is 8.84. The van der Waals surface area contributed by atoms with E-state index in [1.165, 1.54) is 12.1 Å². The van der Waals surface area contributed by atoms with Gasteiger partial charge in [0.1, 0.15) is 0 Å². The van der Waals surface area contributed by atoms with Crippen molar-refractivity contribution in [3.8, 4) is 11.5 Å². The summed E-state index contributed by atoms with van der Waals surface area (Å²) < 4.78 is 31.6. The molecule has 86 valence electrons. The fourth-order valence-electron chi connectivity index (χ4n) is 0.609. The summed E-state index contributed by atoms with van der Waals surface area (Å²) in [6, 6.07) is 2.40. The van der Waals surface area contributed by atoms with Gasteiger partial charge in [-0.05, 0) is 0 Å². The number of rotatable bonds is 0. The molecule has 8 N–H and O–H groups in total. The van der Waals surface area contributed by atoms with E-state index in [2.05, 4.69) is 0 Å². The molecule has 0 bridgehead atoms. The first-order valence-electron chi connectivity index (χ1n) is 3.38. The number of phenolic OH excluding ortho intramolecular Hbond substituents is 2. The van der Waals surface area contributed by atoms with Crippen molar-refractivity contribution < 1.29 is 27.7 Å². The second-order valence-electron chi connectivity index (χ2n) is 2.42. The molecule has 0 fully saturated rings. The van der Waals surface area contributed by atoms with E-state index in [1.54, 1.807) is 0 Å². The topological polar surface area (TPSA) is 167 Å². The van der Waals surface area contributed by atoms with Gasteiger partial charge in [-0.2, -0.15) is 8.42 Å². The van der Waals surface area contributed by atoms with E-state index in [4.69, 9.17) is 39.2 Å². The van der Waals surface area contributed by atoms with Gasteiger partial charge in [-0.1, -0.05) is 0 Å². The third-order valence-corrected chi connectivity index (χ3v) is 1.18. The molecule has 15 heavy (non-hydrogen) atoms. The van der Waals surface area contributed by atoms with Crippen LogP contribution in [0.2, 0.25) is 0 Å². The summed E-state index contributed by atoms with van der Waals surface area (Å²) in [6.07, 6.45) is 0. The minimum atomic E-state index is -4.67. The van der Waals surface area contributed by atoms with Crippen LogP contribution in [-0.2, 0) is 10.4 Å². The Bertz CT molecular complexity index is 385. The maximum Gasteiger partial charge on any atom is 0.394 e. The van der Waals surface area contributed by atoms with Crippen LogP contribution in [0.1, 0.15) is 0 Å². The second-order valence-corrected chi connectivity index (χ2v) is 3.31. The summed E-state index contributed by atoms with van der Waals surface area (Å²) in [7, 11) is -4.67. The Balaban J connectivity index is 0.000000336. The molecule has 0 atom stereocenters. The van der Waals surface area contributed by atoms with E-state index in [0.29, 0.717) is 0 Å². The SMILES string of the molecule is Nc1cc(O)c(O)cc1N.O=S(=O)(O)O. The van der Waals surface area contributed by atoms with Crippen LogP contribution in [0.5, 0.6) is 11.5 Å². The highest BCUT2D eigenvalue weighted by Crippen LogP contribution is 2.30. The highest BCUT2D eigenvalue weighted by molar-refractivity contribution is 7.79. The summed E-state index contributed by atoms with van der Waals surface area (Å²) in [6.45, 7) is 0. The Labute approximate surface area is 85.3 Å². The summed E-state index contributed by atoms with van der Waals surface area (Å²) in [5.74, 6) is -0.515. The number of benzene rings is 1. The van der Waals surface area contributed by atoms with E-state index in [1.807, 2.05) is 0 Å². The molecule has 0 aliphatic carbocycles. The minimum Gasteiger partial charge on any atom is -0.504 e. The number of nitrogen functional groups attached to an aromatic ring is 2. The molecular formula is C6H10N2O6S. The molecule has 0 radical (unpaired) electrons. The largest absolute Gasteiger partial charge is 0.504 e. The first-order valence-corrected chi connectivity index (χ1v) is 4.77. The average molecular weight is 238 g/mol. The van der Waals surface area contributed by atoms with Crippen LogP contribution >= 0.6 is 0 Å². The number of hydrogen-bond donors (Lipinski definition) is 6. The zero-order valence-electron chi connectivity index (χ0n) is 7.32. The first-order chi connectivity index (χ1) is 6.61. The van der Waals surface area contributed by atoms with Gasteiger partial charge >= 0.3 is 10.4 Å². The van der Waals surface area contributed by atoms with Crippen molar-refractivity contribution in [1.29, 1.82) is 0 Å². The predicted molar refractivity (Wildman–Crippen MR) is 52.8 cm³/mol. The molecule has 1 aromatic carbocycles. The lowest BCUT2D eigenvalue weighted by atomic mass is 10.2. The molecule has 0 amide bonds. The van der Waals surface area contributed by atoms with Crippen LogP contribution in [0.15, 0.2) is 12.1 Å². The predicted octanol–water partition coefficient (Wildman–Crippen LogP) is -0.391. The lowest BCUT2D eigenvalue weighted by Gasteiger charge is -2.01. The highest BCUT2D eigenvalue weighted by atomic mass is 32.3. The highest BCUT2D eigenvalue weighted by Gasteiger charge is 2.01. The Morgan fingerprint density at radius 2 is 1.13 bits per heavy atom. The third-order valence-electron chi connectivity index (χ3n) is 1.18. The van der Waals surface area contributed by atoms with Gasteiger partial charge in [0.25, 0.3) is 0 Å². The number of hydrogen-bond acceptors (Lipinski definition) is 6. The zero-order valence-corrected chi connectivity index (χ0v) is 8.14. The van der Waals surface area contributed by atoms with Gasteiger partial charge in [0.05, 0.1) is 11.4 Å². The Morgan fingerprint density at radius 1 is 0.933 bits per heavy atom. The summed E-state index contributed by atoms with van der Waals surface area (Å²) in [4.78, 5) is 0. The zero-order chi connectivity index (χ0) is 12.2. The molecule has 0 aliphatic rings. The molecule has 1 rings (SSSR count). The van der Waals surface area contributed by atoms with Gasteiger partial charge in [-0.25, -0.2) is 0 Å². The smallest absolute Gasteiger partial charge is 0.394 e. The molecular weight excluding hydrogens is 228 g/mol. The Kier molecular flexibility index (Phi) is 4.15. The fourth-order valence-corrected chi connectivity index (χ4v) is 0.609. The Hall–Kier alpha value is -1.71. The van der Waals surface area contributed by atoms with Gasteiger partial charge in [0.15, 0.2) is 11.5 Å². The van der Waals surface area contributed by atoms with Crippen LogP contribution < -0.4 is 11.5 Å². The van der Waals surface area contributed by atoms with Crippen molar-refractivity contribution >= 4 is 21.8 Å². The molecule has 0 aliphatic heterocycles. The van der Waals surface area contributed by atoms with Crippen molar-refractivity contribution in [1.82, 2.24) is 0 Å². The van der Waals surface area contributed by atoms with Gasteiger partial charge in [0.2, 0.25) is 0 Å². The van der Waals surface area contributed by atoms with E-state index < -0.39 is 10.4 Å². The molecule has 0 saturated carbocycles. The van der Waals surface area contributed by atoms with Crippen LogP contribution in [0.25, 0.3) is 0 Å². The van der Waals surface area contributed by atoms with Gasteiger partial charge in [0, 0.05) is 12.1 Å². The molecule has 0 heterocycles. The lowest BCUT2D eigenvalue weighted by molar-refractivity contribution is 0.381. The molecule has 8 nitrogen and oxygen atoms in total. The number of nitrogens with two attached hydrogens (primary N) is 2. The molecule has 1 aromatic rings. The third kappa shape index (κ3) is 6.37. The van der Waals surface area contributed by atoms with Crippen molar-refractivity contribution in [2.45, 2.75) is 0 Å². The van der Waals surface area contributed by atoms with E-state index >= 15 is 0 Å². The molecule has 0 spiro atoms. The van der Waals surface area contributed by atoms with Crippen LogP contribution in [0, 0.1) is 0 Å². The maximum atomic E-state index is 8.84. The molecule has 0 saturated heterocycles. The summed E-state index contributed by atoms with van der Waals surface area (Å²) >= 11 is 0. The second kappa shape index (κ2) is 4.68. The van der Waals surface area contributed by atoms with E-state index in [9.17, 15) is 0 Å². The van der Waals surface area contributed by atoms with E-state index in [-0.39, 0.29) is 22.9 Å². The van der Waals surface area contributed by atoms with Gasteiger partial charge < -0.3 is 21.7 Å². The quantitative estimate of drug-likeness (QED) is 0.154. The van der Waals surface area contributed by atoms with Crippen molar-refractivity contribution in [3.05, 3.63) is 12.1 Å². The number of phenols is 2. The summed E-state index contributed by atoms with van der Waals surface area (Å²) in [5.41, 5.74) is 11.1. The van der Waals surface area contributed by atoms with Crippen LogP contribution in [0.4, 0.5) is 11.4 Å². The lowest BCUT2D eigenvalue weighted by Crippen LogP contribution is -1.93. The number of aromatic hydroxyl groups is 2. The minimum absolute atomic E-state index is 0.258. The normalized spacial score (nSPS) is 10.3. The van der Waals surface area contributed by atoms with Crippen molar-refractivity contribution in [3.63, 3.8) is 0 Å². The molecule has 0 unspecified atom stereocenters. The molecule has 9 heteroatoms. The van der Waals surface area contributed by atoms with Crippen LogP contribution in [-0.4, -0.2) is 27.7 Å². The monoisotopic (exact) mass is 238 g/mol. The van der Waals surface area contributed by atoms with E-state index in [0.717, 1.165) is 0 Å². The number of anilines is 2. The van der Waals surface area contributed by atoms with Gasteiger partial charge in [-0.3, -0.25) is 9.11 Å². The van der Waals surface area contributed by atoms with Gasteiger partial charge in [-0.15, -0.1) is 0 Å². The average Bonchev–Trinajstić information content (AvgIpc) is 1.98. The standard InChI is InChI=1S/C6H8N2O2.H2O4S/c7-3-1-5(9)6(10)2-4(3)8;1-5(2,3)4/h1-2,9-10H,7-8H2;(H2,1,2,3,4). The van der Waals surface area contributed by atoms with Crippen molar-refractivity contribution in [2.75, 3.05) is 11.5 Å². The Morgan fingerprint density at radius 3 is 1.33 bits per heavy atom. The fraction of sp³-hybridized carbons (Fsp3) is 0.